The maximum Gasteiger partial charge on any atom is 0.162 e. The minimum atomic E-state index is -0.577. The van der Waals surface area contributed by atoms with E-state index in [2.05, 4.69) is 25.9 Å². The van der Waals surface area contributed by atoms with E-state index in [9.17, 15) is 5.11 Å². The molecule has 1 N–H and O–H groups in total. The smallest absolute Gasteiger partial charge is 0.162 e. The highest BCUT2D eigenvalue weighted by molar-refractivity contribution is 5.28. The van der Waals surface area contributed by atoms with E-state index < -0.39 is 6.10 Å². The Balaban J connectivity index is 3.23. The fourth-order valence-corrected chi connectivity index (χ4v) is 1.75. The topological polar surface area (TPSA) is 47.3 Å². The molecule has 17 heavy (non-hydrogen) atoms. The average Bonchev–Trinajstić information content (AvgIpc) is 2.71. The Hall–Kier alpha value is -1.03. The molecule has 0 amide bonds. The van der Waals surface area contributed by atoms with Crippen molar-refractivity contribution in [3.8, 4) is 5.75 Å². The summed E-state index contributed by atoms with van der Waals surface area (Å²) in [5.74, 6) is 0.660. The number of nitrogens with zero attached hydrogens (tertiary/aromatic N) is 2. The molecule has 1 rings (SSSR count). The summed E-state index contributed by atoms with van der Waals surface area (Å²) in [6.45, 7) is 10.3. The van der Waals surface area contributed by atoms with Gasteiger partial charge in [0.05, 0.1) is 13.3 Å². The van der Waals surface area contributed by atoms with Gasteiger partial charge in [-0.25, -0.2) is 0 Å². The van der Waals surface area contributed by atoms with Crippen molar-refractivity contribution in [3.63, 3.8) is 0 Å². The lowest BCUT2D eigenvalue weighted by Crippen LogP contribution is -2.25. The average molecular weight is 240 g/mol. The summed E-state index contributed by atoms with van der Waals surface area (Å²) >= 11 is 0. The van der Waals surface area contributed by atoms with Gasteiger partial charge in [-0.15, -0.1) is 0 Å². The number of hydrogen-bond donors (Lipinski definition) is 1. The number of aromatic nitrogens is 2. The van der Waals surface area contributed by atoms with E-state index in [-0.39, 0.29) is 11.5 Å². The lowest BCUT2D eigenvalue weighted by atomic mass is 9.82. The van der Waals surface area contributed by atoms with Gasteiger partial charge in [0.15, 0.2) is 5.75 Å². The van der Waals surface area contributed by atoms with Crippen molar-refractivity contribution in [1.82, 2.24) is 9.78 Å². The van der Waals surface area contributed by atoms with Gasteiger partial charge < -0.3 is 9.84 Å². The van der Waals surface area contributed by atoms with Crippen LogP contribution in [0, 0.1) is 5.41 Å². The number of aliphatic hydroxyl groups is 1. The Bertz CT molecular complexity index is 369. The summed E-state index contributed by atoms with van der Waals surface area (Å²) < 4.78 is 7.13. The van der Waals surface area contributed by atoms with E-state index in [1.807, 2.05) is 18.5 Å². The molecule has 0 saturated carbocycles. The second-order valence-corrected chi connectivity index (χ2v) is 5.38. The van der Waals surface area contributed by atoms with Crippen LogP contribution in [-0.4, -0.2) is 22.0 Å². The molecule has 1 aromatic rings. The van der Waals surface area contributed by atoms with Crippen LogP contribution in [0.25, 0.3) is 0 Å². The molecule has 0 bridgehead atoms. The fourth-order valence-electron chi connectivity index (χ4n) is 1.75. The van der Waals surface area contributed by atoms with Gasteiger partial charge in [0.2, 0.25) is 0 Å². The number of aliphatic hydroxyl groups excluding tert-OH is 1. The summed E-state index contributed by atoms with van der Waals surface area (Å²) in [6.07, 6.45) is 1.98. The Morgan fingerprint density at radius 2 is 2.06 bits per heavy atom. The molecule has 0 spiro atoms. The number of rotatable bonds is 5. The molecule has 1 aromatic heterocycles. The SMILES string of the molecule is CCC(C)(C)C(O)c1c(OC)cnn1C(C)C. The van der Waals surface area contributed by atoms with Crippen molar-refractivity contribution in [1.29, 1.82) is 0 Å². The molecule has 0 aliphatic heterocycles. The lowest BCUT2D eigenvalue weighted by Gasteiger charge is -2.30. The van der Waals surface area contributed by atoms with Crippen molar-refractivity contribution in [2.75, 3.05) is 7.11 Å². The van der Waals surface area contributed by atoms with Crippen molar-refractivity contribution < 1.29 is 9.84 Å². The van der Waals surface area contributed by atoms with Crippen LogP contribution < -0.4 is 4.74 Å². The van der Waals surface area contributed by atoms with Gasteiger partial charge in [-0.3, -0.25) is 4.68 Å². The van der Waals surface area contributed by atoms with Gasteiger partial charge in [0.25, 0.3) is 0 Å². The summed E-state index contributed by atoms with van der Waals surface area (Å²) in [7, 11) is 1.61. The Morgan fingerprint density at radius 3 is 2.47 bits per heavy atom. The van der Waals surface area contributed by atoms with E-state index in [4.69, 9.17) is 4.74 Å². The van der Waals surface area contributed by atoms with Gasteiger partial charge in [-0.2, -0.15) is 5.10 Å². The predicted molar refractivity (Wildman–Crippen MR) is 68.2 cm³/mol. The summed E-state index contributed by atoms with van der Waals surface area (Å²) in [6, 6.07) is 0.205. The third-order valence-electron chi connectivity index (χ3n) is 3.42. The second-order valence-electron chi connectivity index (χ2n) is 5.38. The van der Waals surface area contributed by atoms with Crippen LogP contribution in [0.1, 0.15) is 58.9 Å². The van der Waals surface area contributed by atoms with Crippen molar-refractivity contribution in [2.24, 2.45) is 5.41 Å². The van der Waals surface area contributed by atoms with Gasteiger partial charge in [-0.1, -0.05) is 20.8 Å². The largest absolute Gasteiger partial charge is 0.493 e. The molecule has 0 aliphatic carbocycles. The van der Waals surface area contributed by atoms with Gasteiger partial charge in [0, 0.05) is 6.04 Å². The molecular formula is C13H24N2O2. The van der Waals surface area contributed by atoms with Crippen molar-refractivity contribution in [2.45, 2.75) is 53.2 Å². The first-order valence-corrected chi connectivity index (χ1v) is 6.14. The van der Waals surface area contributed by atoms with Crippen molar-refractivity contribution in [3.05, 3.63) is 11.9 Å². The second kappa shape index (κ2) is 5.08. The minimum Gasteiger partial charge on any atom is -0.493 e. The summed E-state index contributed by atoms with van der Waals surface area (Å²) in [5, 5.41) is 14.8. The third kappa shape index (κ3) is 2.63. The van der Waals surface area contributed by atoms with E-state index in [1.54, 1.807) is 13.3 Å². The van der Waals surface area contributed by atoms with Crippen LogP contribution in [0.5, 0.6) is 5.75 Å². The fraction of sp³-hybridized carbons (Fsp3) is 0.769. The van der Waals surface area contributed by atoms with E-state index in [0.717, 1.165) is 12.1 Å². The minimum absolute atomic E-state index is 0.194. The van der Waals surface area contributed by atoms with Gasteiger partial charge in [0.1, 0.15) is 11.8 Å². The van der Waals surface area contributed by atoms with E-state index in [0.29, 0.717) is 5.75 Å². The first-order chi connectivity index (χ1) is 7.85. The standard InChI is InChI=1S/C13H24N2O2/c1-7-13(4,5)12(16)11-10(17-6)8-14-15(11)9(2)3/h8-9,12,16H,7H2,1-6H3. The molecular weight excluding hydrogens is 216 g/mol. The molecule has 1 heterocycles. The normalized spacial score (nSPS) is 14.1. The molecule has 1 atom stereocenters. The zero-order valence-corrected chi connectivity index (χ0v) is 11.7. The Labute approximate surface area is 104 Å². The maximum atomic E-state index is 10.5. The molecule has 4 heteroatoms. The molecule has 0 fully saturated rings. The van der Waals surface area contributed by atoms with Crippen molar-refractivity contribution >= 4 is 0 Å². The first kappa shape index (κ1) is 14.0. The quantitative estimate of drug-likeness (QED) is 0.860. The third-order valence-corrected chi connectivity index (χ3v) is 3.42. The van der Waals surface area contributed by atoms with Gasteiger partial charge in [-0.05, 0) is 25.7 Å². The maximum absolute atomic E-state index is 10.5. The molecule has 0 saturated heterocycles. The molecule has 4 nitrogen and oxygen atoms in total. The highest BCUT2D eigenvalue weighted by atomic mass is 16.5. The molecule has 1 unspecified atom stereocenters. The van der Waals surface area contributed by atoms with Crippen LogP contribution in [0.2, 0.25) is 0 Å². The first-order valence-electron chi connectivity index (χ1n) is 6.14. The summed E-state index contributed by atoms with van der Waals surface area (Å²) in [4.78, 5) is 0. The lowest BCUT2D eigenvalue weighted by molar-refractivity contribution is 0.0361. The highest BCUT2D eigenvalue weighted by Crippen LogP contribution is 2.40. The Morgan fingerprint density at radius 1 is 1.47 bits per heavy atom. The number of hydrogen-bond acceptors (Lipinski definition) is 3. The number of ether oxygens (including phenoxy) is 1. The van der Waals surface area contributed by atoms with Crippen LogP contribution in [0.3, 0.4) is 0 Å². The monoisotopic (exact) mass is 240 g/mol. The predicted octanol–water partition coefficient (Wildman–Crippen LogP) is 2.94. The molecule has 98 valence electrons. The van der Waals surface area contributed by atoms with Gasteiger partial charge >= 0.3 is 0 Å². The van der Waals surface area contributed by atoms with E-state index in [1.165, 1.54) is 0 Å². The molecule has 0 aromatic carbocycles. The van der Waals surface area contributed by atoms with Crippen LogP contribution in [0.4, 0.5) is 0 Å². The number of methoxy groups -OCH3 is 1. The van der Waals surface area contributed by atoms with Crippen LogP contribution >= 0.6 is 0 Å². The Kier molecular flexibility index (Phi) is 4.20. The van der Waals surface area contributed by atoms with Crippen LogP contribution in [-0.2, 0) is 0 Å². The molecule has 0 aliphatic rings. The highest BCUT2D eigenvalue weighted by Gasteiger charge is 2.33. The summed E-state index contributed by atoms with van der Waals surface area (Å²) in [5.41, 5.74) is 0.578. The van der Waals surface area contributed by atoms with E-state index >= 15 is 0 Å². The zero-order chi connectivity index (χ0) is 13.2. The van der Waals surface area contributed by atoms with Crippen LogP contribution in [0.15, 0.2) is 6.20 Å². The molecule has 0 radical (unpaired) electrons. The zero-order valence-electron chi connectivity index (χ0n) is 11.7.